The number of ketones is 1. The third kappa shape index (κ3) is 1.86. The highest BCUT2D eigenvalue weighted by Crippen LogP contribution is 2.39. The van der Waals surface area contributed by atoms with E-state index >= 15 is 0 Å². The highest BCUT2D eigenvalue weighted by molar-refractivity contribution is 6.05. The summed E-state index contributed by atoms with van der Waals surface area (Å²) in [5.41, 5.74) is -0.151. The summed E-state index contributed by atoms with van der Waals surface area (Å²) >= 11 is 0. The maximum absolute atomic E-state index is 12.1. The fraction of sp³-hybridized carbons (Fsp3) is 0.429. The van der Waals surface area contributed by atoms with E-state index < -0.39 is 17.5 Å². The zero-order valence-corrected chi connectivity index (χ0v) is 10.3. The normalized spacial score (nSPS) is 27.7. The van der Waals surface area contributed by atoms with Crippen LogP contribution < -0.4 is 0 Å². The Morgan fingerprint density at radius 1 is 1.12 bits per heavy atom. The number of hydrogen-bond acceptors (Lipinski definition) is 3. The lowest BCUT2D eigenvalue weighted by Crippen LogP contribution is -2.46. The molecule has 0 N–H and O–H groups in total. The molecule has 1 aromatic carbocycles. The SMILES string of the molecule is C[C@H]1C(=O)C(C)(C)C(=O)O[C@H]1c1ccccc1. The lowest BCUT2D eigenvalue weighted by Gasteiger charge is -2.36. The predicted molar refractivity (Wildman–Crippen MR) is 63.2 cm³/mol. The minimum atomic E-state index is -1.02. The Kier molecular flexibility index (Phi) is 2.77. The summed E-state index contributed by atoms with van der Waals surface area (Å²) in [5, 5.41) is 0. The van der Waals surface area contributed by atoms with E-state index in [0.29, 0.717) is 0 Å². The Hall–Kier alpha value is -1.64. The molecule has 1 aromatic rings. The average molecular weight is 232 g/mol. The van der Waals surface area contributed by atoms with Crippen molar-refractivity contribution in [2.45, 2.75) is 26.9 Å². The predicted octanol–water partition coefficient (Wildman–Crippen LogP) is 2.52. The molecule has 0 bridgehead atoms. The first-order valence-corrected chi connectivity index (χ1v) is 5.75. The van der Waals surface area contributed by atoms with Crippen molar-refractivity contribution in [2.75, 3.05) is 0 Å². The summed E-state index contributed by atoms with van der Waals surface area (Å²) in [6, 6.07) is 9.39. The van der Waals surface area contributed by atoms with Gasteiger partial charge in [0.25, 0.3) is 0 Å². The van der Waals surface area contributed by atoms with Gasteiger partial charge in [0.2, 0.25) is 0 Å². The fourth-order valence-corrected chi connectivity index (χ4v) is 2.17. The highest BCUT2D eigenvalue weighted by Gasteiger charge is 2.48. The second-order valence-electron chi connectivity index (χ2n) is 5.01. The third-order valence-electron chi connectivity index (χ3n) is 3.36. The minimum absolute atomic E-state index is 0.0531. The van der Waals surface area contributed by atoms with Crippen LogP contribution in [0.2, 0.25) is 0 Å². The second-order valence-corrected chi connectivity index (χ2v) is 5.01. The first-order chi connectivity index (χ1) is 7.94. The van der Waals surface area contributed by atoms with E-state index in [0.717, 1.165) is 5.56 Å². The molecule has 17 heavy (non-hydrogen) atoms. The van der Waals surface area contributed by atoms with Crippen LogP contribution in [0.4, 0.5) is 0 Å². The van der Waals surface area contributed by atoms with Gasteiger partial charge in [-0.2, -0.15) is 0 Å². The van der Waals surface area contributed by atoms with Crippen LogP contribution in [0.1, 0.15) is 32.4 Å². The smallest absolute Gasteiger partial charge is 0.319 e. The summed E-state index contributed by atoms with van der Waals surface area (Å²) in [4.78, 5) is 24.0. The van der Waals surface area contributed by atoms with Crippen LogP contribution in [-0.4, -0.2) is 11.8 Å². The molecule has 0 spiro atoms. The Labute approximate surface area is 101 Å². The van der Waals surface area contributed by atoms with Gasteiger partial charge in [-0.25, -0.2) is 0 Å². The zero-order chi connectivity index (χ0) is 12.6. The number of esters is 1. The van der Waals surface area contributed by atoms with Gasteiger partial charge < -0.3 is 4.74 Å². The number of rotatable bonds is 1. The third-order valence-corrected chi connectivity index (χ3v) is 3.36. The lowest BCUT2D eigenvalue weighted by molar-refractivity contribution is -0.178. The number of ether oxygens (including phenoxy) is 1. The molecular formula is C14H16O3. The first-order valence-electron chi connectivity index (χ1n) is 5.75. The van der Waals surface area contributed by atoms with Gasteiger partial charge >= 0.3 is 5.97 Å². The van der Waals surface area contributed by atoms with Crippen molar-refractivity contribution in [2.24, 2.45) is 11.3 Å². The molecule has 1 heterocycles. The lowest BCUT2D eigenvalue weighted by atomic mass is 9.76. The standard InChI is InChI=1S/C14H16O3/c1-9-11(10-7-5-4-6-8-10)17-13(16)14(2,3)12(9)15/h4-9,11H,1-3H3/t9-,11-/m1/s1. The van der Waals surface area contributed by atoms with Gasteiger partial charge in [0.05, 0.1) is 5.92 Å². The van der Waals surface area contributed by atoms with Gasteiger partial charge in [0, 0.05) is 0 Å². The number of carbonyl (C=O) groups excluding carboxylic acids is 2. The molecular weight excluding hydrogens is 216 g/mol. The van der Waals surface area contributed by atoms with Crippen LogP contribution in [0.25, 0.3) is 0 Å². The van der Waals surface area contributed by atoms with Crippen molar-refractivity contribution in [1.29, 1.82) is 0 Å². The van der Waals surface area contributed by atoms with Crippen LogP contribution in [0, 0.1) is 11.3 Å². The van der Waals surface area contributed by atoms with Crippen molar-refractivity contribution in [1.82, 2.24) is 0 Å². The van der Waals surface area contributed by atoms with Crippen LogP contribution in [0.5, 0.6) is 0 Å². The molecule has 3 nitrogen and oxygen atoms in total. The Morgan fingerprint density at radius 3 is 2.29 bits per heavy atom. The zero-order valence-electron chi connectivity index (χ0n) is 10.3. The van der Waals surface area contributed by atoms with Gasteiger partial charge in [0.1, 0.15) is 11.5 Å². The molecule has 2 rings (SSSR count). The maximum Gasteiger partial charge on any atom is 0.319 e. The molecule has 2 atom stereocenters. The number of carbonyl (C=O) groups is 2. The second kappa shape index (κ2) is 3.99. The average Bonchev–Trinajstić information content (AvgIpc) is 2.33. The Balaban J connectivity index is 2.34. The monoisotopic (exact) mass is 232 g/mol. The molecule has 0 aliphatic carbocycles. The molecule has 0 unspecified atom stereocenters. The van der Waals surface area contributed by atoms with Crippen molar-refractivity contribution >= 4 is 11.8 Å². The minimum Gasteiger partial charge on any atom is -0.456 e. The van der Waals surface area contributed by atoms with Gasteiger partial charge in [-0.05, 0) is 19.4 Å². The Bertz CT molecular complexity index is 448. The van der Waals surface area contributed by atoms with Gasteiger partial charge in [-0.3, -0.25) is 9.59 Å². The Morgan fingerprint density at radius 2 is 1.71 bits per heavy atom. The molecule has 0 aromatic heterocycles. The summed E-state index contributed by atoms with van der Waals surface area (Å²) < 4.78 is 5.41. The van der Waals surface area contributed by atoms with E-state index in [9.17, 15) is 9.59 Å². The number of Topliss-reactive ketones (excluding diaryl/α,β-unsaturated/α-hetero) is 1. The van der Waals surface area contributed by atoms with Crippen LogP contribution in [0.15, 0.2) is 30.3 Å². The number of hydrogen-bond donors (Lipinski definition) is 0. The summed E-state index contributed by atoms with van der Waals surface area (Å²) in [6.45, 7) is 5.05. The quantitative estimate of drug-likeness (QED) is 0.552. The molecule has 3 heteroatoms. The van der Waals surface area contributed by atoms with Crippen molar-refractivity contribution < 1.29 is 14.3 Å². The van der Waals surface area contributed by atoms with Crippen molar-refractivity contribution in [3.63, 3.8) is 0 Å². The van der Waals surface area contributed by atoms with Gasteiger partial charge in [0.15, 0.2) is 5.78 Å². The van der Waals surface area contributed by atoms with Crippen LogP contribution in [-0.2, 0) is 14.3 Å². The van der Waals surface area contributed by atoms with Crippen molar-refractivity contribution in [3.05, 3.63) is 35.9 Å². The van der Waals surface area contributed by atoms with E-state index in [2.05, 4.69) is 0 Å². The number of benzene rings is 1. The fourth-order valence-electron chi connectivity index (χ4n) is 2.17. The topological polar surface area (TPSA) is 43.4 Å². The van der Waals surface area contributed by atoms with Crippen molar-refractivity contribution in [3.8, 4) is 0 Å². The highest BCUT2D eigenvalue weighted by atomic mass is 16.5. The van der Waals surface area contributed by atoms with E-state index in [4.69, 9.17) is 4.74 Å². The maximum atomic E-state index is 12.1. The van der Waals surface area contributed by atoms with Crippen LogP contribution in [0.3, 0.4) is 0 Å². The first kappa shape index (κ1) is 11.8. The van der Waals surface area contributed by atoms with Gasteiger partial charge in [-0.1, -0.05) is 37.3 Å². The van der Waals surface area contributed by atoms with E-state index in [1.165, 1.54) is 0 Å². The van der Waals surface area contributed by atoms with E-state index in [1.54, 1.807) is 13.8 Å². The van der Waals surface area contributed by atoms with E-state index in [-0.39, 0.29) is 11.7 Å². The van der Waals surface area contributed by atoms with Gasteiger partial charge in [-0.15, -0.1) is 0 Å². The summed E-state index contributed by atoms with van der Waals surface area (Å²) in [5.74, 6) is -0.790. The van der Waals surface area contributed by atoms with Crippen LogP contribution >= 0.6 is 0 Å². The summed E-state index contributed by atoms with van der Waals surface area (Å²) in [7, 11) is 0. The molecule has 1 fully saturated rings. The molecule has 1 saturated heterocycles. The molecule has 90 valence electrons. The molecule has 0 radical (unpaired) electrons. The number of cyclic esters (lactones) is 1. The molecule has 0 amide bonds. The molecule has 0 saturated carbocycles. The largest absolute Gasteiger partial charge is 0.456 e. The van der Waals surface area contributed by atoms with E-state index in [1.807, 2.05) is 37.3 Å². The summed E-state index contributed by atoms with van der Waals surface area (Å²) in [6.07, 6.45) is -0.454. The molecule has 1 aliphatic heterocycles. The molecule has 1 aliphatic rings.